The average Bonchev–Trinajstić information content (AvgIpc) is 3.39. The number of nitrogens with zero attached hydrogens (tertiary/aromatic N) is 2. The number of carbonyl (C=O) groups excluding carboxylic acids is 1. The Morgan fingerprint density at radius 1 is 1.23 bits per heavy atom. The van der Waals surface area contributed by atoms with Gasteiger partial charge >= 0.3 is 5.97 Å². The quantitative estimate of drug-likeness (QED) is 0.361. The lowest BCUT2D eigenvalue weighted by molar-refractivity contribution is 0.0526. The number of hydrogen-bond acceptors (Lipinski definition) is 5. The van der Waals surface area contributed by atoms with Crippen LogP contribution in [0.25, 0.3) is 34.0 Å². The fourth-order valence-electron chi connectivity index (χ4n) is 3.15. The van der Waals surface area contributed by atoms with Crippen LogP contribution in [0.2, 0.25) is 0 Å². The molecule has 0 spiro atoms. The molecule has 4 aromatic rings. The van der Waals surface area contributed by atoms with Crippen LogP contribution in [0.4, 0.5) is 0 Å². The Kier molecular flexibility index (Phi) is 5.19. The molecule has 2 aromatic heterocycles. The molecule has 0 aliphatic heterocycles. The molecule has 0 saturated carbocycles. The number of imidazole rings is 1. The van der Waals surface area contributed by atoms with Crippen molar-refractivity contribution in [3.05, 3.63) is 77.3 Å². The van der Waals surface area contributed by atoms with Gasteiger partial charge in [0.15, 0.2) is 0 Å². The van der Waals surface area contributed by atoms with Gasteiger partial charge < -0.3 is 14.1 Å². The summed E-state index contributed by atoms with van der Waals surface area (Å²) in [6, 6.07) is 18.7. The molecule has 0 unspecified atom stereocenters. The summed E-state index contributed by atoms with van der Waals surface area (Å²) in [4.78, 5) is 19.6. The standard InChI is InChI=1S/C24H19N3O3/c1-3-29-24(28)17-6-4-5-16(12-17)22-10-8-19(30-22)13-18(14-25)23-26-20-9-7-15(2)11-21(20)27-23/h4-13H,3H2,1-2H3,(H,26,27). The SMILES string of the molecule is CCOC(=O)c1cccc(-c2ccc(C=C(C#N)c3nc4ccc(C)cc4[nH]3)o2)c1. The van der Waals surface area contributed by atoms with Gasteiger partial charge in [-0.05, 0) is 55.8 Å². The molecule has 148 valence electrons. The summed E-state index contributed by atoms with van der Waals surface area (Å²) in [5.41, 5.74) is 4.36. The van der Waals surface area contributed by atoms with Gasteiger partial charge in [0.05, 0.1) is 28.8 Å². The highest BCUT2D eigenvalue weighted by Crippen LogP contribution is 2.26. The van der Waals surface area contributed by atoms with E-state index in [0.29, 0.717) is 35.1 Å². The van der Waals surface area contributed by atoms with E-state index in [-0.39, 0.29) is 5.97 Å². The number of allylic oxidation sites excluding steroid dienone is 1. The number of hydrogen-bond donors (Lipinski definition) is 1. The number of carbonyl (C=O) groups is 1. The van der Waals surface area contributed by atoms with Crippen molar-refractivity contribution in [2.75, 3.05) is 6.61 Å². The lowest BCUT2D eigenvalue weighted by atomic mass is 10.1. The smallest absolute Gasteiger partial charge is 0.338 e. The maximum absolute atomic E-state index is 12.0. The molecule has 0 aliphatic carbocycles. The van der Waals surface area contributed by atoms with Crippen molar-refractivity contribution in [1.82, 2.24) is 9.97 Å². The van der Waals surface area contributed by atoms with Crippen LogP contribution < -0.4 is 0 Å². The van der Waals surface area contributed by atoms with Crippen LogP contribution in [0, 0.1) is 18.3 Å². The van der Waals surface area contributed by atoms with Gasteiger partial charge in [-0.15, -0.1) is 0 Å². The Morgan fingerprint density at radius 2 is 2.10 bits per heavy atom. The van der Waals surface area contributed by atoms with E-state index in [2.05, 4.69) is 16.0 Å². The van der Waals surface area contributed by atoms with Crippen LogP contribution in [0.5, 0.6) is 0 Å². The predicted molar refractivity (Wildman–Crippen MR) is 114 cm³/mol. The summed E-state index contributed by atoms with van der Waals surface area (Å²) in [7, 11) is 0. The third-order valence-corrected chi connectivity index (χ3v) is 4.58. The van der Waals surface area contributed by atoms with Crippen molar-refractivity contribution in [2.24, 2.45) is 0 Å². The lowest BCUT2D eigenvalue weighted by Crippen LogP contribution is -2.04. The molecule has 0 aliphatic rings. The number of aromatic nitrogens is 2. The highest BCUT2D eigenvalue weighted by molar-refractivity contribution is 5.91. The first-order chi connectivity index (χ1) is 14.6. The third-order valence-electron chi connectivity index (χ3n) is 4.58. The molecule has 0 bridgehead atoms. The first kappa shape index (κ1) is 19.2. The van der Waals surface area contributed by atoms with E-state index in [4.69, 9.17) is 9.15 Å². The molecule has 2 aromatic carbocycles. The number of fused-ring (bicyclic) bond motifs is 1. The largest absolute Gasteiger partial charge is 0.462 e. The van der Waals surface area contributed by atoms with E-state index >= 15 is 0 Å². The van der Waals surface area contributed by atoms with Gasteiger partial charge in [-0.3, -0.25) is 0 Å². The minimum Gasteiger partial charge on any atom is -0.462 e. The number of nitrogens with one attached hydrogen (secondary N) is 1. The van der Waals surface area contributed by atoms with E-state index in [9.17, 15) is 10.1 Å². The molecule has 0 fully saturated rings. The van der Waals surface area contributed by atoms with Crippen molar-refractivity contribution in [3.63, 3.8) is 0 Å². The van der Waals surface area contributed by atoms with Crippen molar-refractivity contribution < 1.29 is 13.9 Å². The second kappa shape index (κ2) is 8.10. The molecular weight excluding hydrogens is 378 g/mol. The number of ether oxygens (including phenoxy) is 1. The second-order valence-corrected chi connectivity index (χ2v) is 6.78. The van der Waals surface area contributed by atoms with E-state index < -0.39 is 0 Å². The molecule has 2 heterocycles. The zero-order valence-corrected chi connectivity index (χ0v) is 16.6. The minimum atomic E-state index is -0.377. The highest BCUT2D eigenvalue weighted by atomic mass is 16.5. The molecule has 4 rings (SSSR count). The summed E-state index contributed by atoms with van der Waals surface area (Å²) in [6.45, 7) is 4.09. The van der Waals surface area contributed by atoms with Crippen molar-refractivity contribution in [2.45, 2.75) is 13.8 Å². The van der Waals surface area contributed by atoms with Gasteiger partial charge in [-0.2, -0.15) is 5.26 Å². The predicted octanol–water partition coefficient (Wildman–Crippen LogP) is 5.37. The summed E-state index contributed by atoms with van der Waals surface area (Å²) in [5, 5.41) is 9.62. The molecule has 1 N–H and O–H groups in total. The Balaban J connectivity index is 1.64. The van der Waals surface area contributed by atoms with Crippen molar-refractivity contribution >= 4 is 28.7 Å². The van der Waals surface area contributed by atoms with E-state index in [0.717, 1.165) is 22.2 Å². The van der Waals surface area contributed by atoms with Gasteiger partial charge in [0, 0.05) is 11.6 Å². The number of furan rings is 1. The zero-order chi connectivity index (χ0) is 21.1. The fraction of sp³-hybridized carbons (Fsp3) is 0.125. The number of H-pyrrole nitrogens is 1. The fourth-order valence-corrected chi connectivity index (χ4v) is 3.15. The normalized spacial score (nSPS) is 11.4. The molecule has 30 heavy (non-hydrogen) atoms. The third kappa shape index (κ3) is 3.87. The second-order valence-electron chi connectivity index (χ2n) is 6.78. The first-order valence-electron chi connectivity index (χ1n) is 9.53. The van der Waals surface area contributed by atoms with Crippen LogP contribution in [-0.2, 0) is 4.74 Å². The van der Waals surface area contributed by atoms with Crippen LogP contribution in [-0.4, -0.2) is 22.5 Å². The zero-order valence-electron chi connectivity index (χ0n) is 16.6. The van der Waals surface area contributed by atoms with Crippen LogP contribution in [0.1, 0.15) is 34.4 Å². The van der Waals surface area contributed by atoms with E-state index in [1.54, 1.807) is 43.3 Å². The van der Waals surface area contributed by atoms with Crippen molar-refractivity contribution in [1.29, 1.82) is 5.26 Å². The Morgan fingerprint density at radius 3 is 2.90 bits per heavy atom. The maximum Gasteiger partial charge on any atom is 0.338 e. The number of esters is 1. The number of nitriles is 1. The first-order valence-corrected chi connectivity index (χ1v) is 9.53. The molecule has 0 atom stereocenters. The van der Waals surface area contributed by atoms with Gasteiger partial charge in [0.2, 0.25) is 0 Å². The van der Waals surface area contributed by atoms with Crippen LogP contribution in [0.3, 0.4) is 0 Å². The van der Waals surface area contributed by atoms with Gasteiger partial charge in [0.25, 0.3) is 0 Å². The van der Waals surface area contributed by atoms with Crippen LogP contribution >= 0.6 is 0 Å². The molecule has 6 heteroatoms. The number of aryl methyl sites for hydroxylation is 1. The minimum absolute atomic E-state index is 0.317. The molecular formula is C24H19N3O3. The molecule has 0 amide bonds. The Hall–Kier alpha value is -4.11. The van der Waals surface area contributed by atoms with Gasteiger partial charge in [-0.1, -0.05) is 18.2 Å². The summed E-state index contributed by atoms with van der Waals surface area (Å²) in [6.07, 6.45) is 1.64. The van der Waals surface area contributed by atoms with Gasteiger partial charge in [0.1, 0.15) is 23.4 Å². The van der Waals surface area contributed by atoms with E-state index in [1.165, 1.54) is 0 Å². The topological polar surface area (TPSA) is 91.9 Å². The number of benzene rings is 2. The van der Waals surface area contributed by atoms with E-state index in [1.807, 2.05) is 31.2 Å². The Labute approximate surface area is 173 Å². The number of aromatic amines is 1. The summed E-state index contributed by atoms with van der Waals surface area (Å²) < 4.78 is 10.9. The monoisotopic (exact) mass is 397 g/mol. The molecule has 0 radical (unpaired) electrons. The summed E-state index contributed by atoms with van der Waals surface area (Å²) in [5.74, 6) is 1.21. The molecule has 6 nitrogen and oxygen atoms in total. The number of rotatable bonds is 5. The lowest BCUT2D eigenvalue weighted by Gasteiger charge is -2.03. The summed E-state index contributed by atoms with van der Waals surface area (Å²) >= 11 is 0. The van der Waals surface area contributed by atoms with Gasteiger partial charge in [-0.25, -0.2) is 9.78 Å². The maximum atomic E-state index is 12.0. The Bertz CT molecular complexity index is 1300. The highest BCUT2D eigenvalue weighted by Gasteiger charge is 2.12. The molecule has 0 saturated heterocycles. The average molecular weight is 397 g/mol. The van der Waals surface area contributed by atoms with Crippen molar-refractivity contribution in [3.8, 4) is 17.4 Å². The van der Waals surface area contributed by atoms with Crippen LogP contribution in [0.15, 0.2) is 59.0 Å².